The number of sulfone groups is 1. The minimum atomic E-state index is -3.64. The lowest BCUT2D eigenvalue weighted by atomic mass is 10.3. The molecular formula is C18H18N8O3S3. The van der Waals surface area contributed by atoms with Crippen LogP contribution < -0.4 is 10.2 Å². The number of nitrogens with one attached hydrogen (secondary N) is 1. The zero-order chi connectivity index (χ0) is 23.0. The molecule has 0 radical (unpaired) electrons. The Kier molecular flexibility index (Phi) is 5.75. The summed E-state index contributed by atoms with van der Waals surface area (Å²) in [5, 5.41) is 16.6. The maximum atomic E-state index is 12.3. The van der Waals surface area contributed by atoms with E-state index in [1.807, 2.05) is 24.3 Å². The summed E-state index contributed by atoms with van der Waals surface area (Å²) >= 11 is 2.55. The van der Waals surface area contributed by atoms with Gasteiger partial charge in [0.1, 0.15) is 4.90 Å². The summed E-state index contributed by atoms with van der Waals surface area (Å²) in [6.07, 6.45) is 2.30. The number of para-hydroxylation sites is 1. The number of hydrogen-bond acceptors (Lipinski definition) is 11. The average Bonchev–Trinajstić information content (AvgIpc) is 3.41. The first-order chi connectivity index (χ1) is 15.1. The number of amides is 1. The van der Waals surface area contributed by atoms with Crippen molar-refractivity contribution in [3.05, 3.63) is 30.5 Å². The van der Waals surface area contributed by atoms with E-state index in [1.165, 1.54) is 40.5 Å². The van der Waals surface area contributed by atoms with Crippen molar-refractivity contribution in [2.24, 2.45) is 10.2 Å². The predicted octanol–water partition coefficient (Wildman–Crippen LogP) is 3.78. The molecule has 0 fully saturated rings. The minimum Gasteiger partial charge on any atom is -0.354 e. The van der Waals surface area contributed by atoms with E-state index in [1.54, 1.807) is 19.0 Å². The highest BCUT2D eigenvalue weighted by Crippen LogP contribution is 2.39. The van der Waals surface area contributed by atoms with Crippen molar-refractivity contribution in [3.8, 4) is 5.13 Å². The maximum Gasteiger partial charge on any atom is 0.222 e. The normalized spacial score (nSPS) is 12.0. The van der Waals surface area contributed by atoms with Crippen molar-refractivity contribution in [3.63, 3.8) is 0 Å². The van der Waals surface area contributed by atoms with Crippen LogP contribution in [0.5, 0.6) is 0 Å². The second-order valence-corrected chi connectivity index (χ2v) is 10.9. The summed E-state index contributed by atoms with van der Waals surface area (Å²) in [4.78, 5) is 22.1. The Labute approximate surface area is 191 Å². The summed E-state index contributed by atoms with van der Waals surface area (Å²) in [6, 6.07) is 7.54. The number of azo groups is 1. The van der Waals surface area contributed by atoms with Crippen LogP contribution in [-0.2, 0) is 14.6 Å². The van der Waals surface area contributed by atoms with Crippen LogP contribution in [0.4, 0.5) is 21.8 Å². The number of fused-ring (bicyclic) bond motifs is 1. The summed E-state index contributed by atoms with van der Waals surface area (Å²) < 4.78 is 27.0. The quantitative estimate of drug-likeness (QED) is 0.406. The van der Waals surface area contributed by atoms with Gasteiger partial charge in [-0.15, -0.1) is 10.2 Å². The smallest absolute Gasteiger partial charge is 0.222 e. The highest BCUT2D eigenvalue weighted by atomic mass is 32.2. The Morgan fingerprint density at radius 2 is 1.91 bits per heavy atom. The largest absolute Gasteiger partial charge is 0.354 e. The second-order valence-electron chi connectivity index (χ2n) is 6.91. The number of anilines is 2. The van der Waals surface area contributed by atoms with Crippen molar-refractivity contribution in [2.45, 2.75) is 11.8 Å². The van der Waals surface area contributed by atoms with Gasteiger partial charge in [-0.25, -0.2) is 18.4 Å². The number of benzene rings is 1. The van der Waals surface area contributed by atoms with Gasteiger partial charge in [0.25, 0.3) is 0 Å². The minimum absolute atomic E-state index is 0.0140. The van der Waals surface area contributed by atoms with Gasteiger partial charge in [-0.2, -0.15) is 9.78 Å². The molecule has 11 nitrogen and oxygen atoms in total. The molecule has 1 N–H and O–H groups in total. The van der Waals surface area contributed by atoms with Crippen molar-refractivity contribution < 1.29 is 13.2 Å². The van der Waals surface area contributed by atoms with Crippen molar-refractivity contribution in [2.75, 3.05) is 30.6 Å². The molecule has 0 saturated heterocycles. The molecule has 0 bridgehead atoms. The van der Waals surface area contributed by atoms with Crippen LogP contribution in [0.3, 0.4) is 0 Å². The molecule has 0 saturated carbocycles. The van der Waals surface area contributed by atoms with E-state index in [4.69, 9.17) is 0 Å². The van der Waals surface area contributed by atoms with E-state index in [-0.39, 0.29) is 22.4 Å². The molecular weight excluding hydrogens is 472 g/mol. The molecule has 4 aromatic rings. The van der Waals surface area contributed by atoms with Crippen LogP contribution in [0.2, 0.25) is 0 Å². The Morgan fingerprint density at radius 1 is 1.16 bits per heavy atom. The van der Waals surface area contributed by atoms with Crippen molar-refractivity contribution >= 4 is 70.4 Å². The number of aromatic nitrogens is 4. The average molecular weight is 491 g/mol. The summed E-state index contributed by atoms with van der Waals surface area (Å²) in [6.45, 7) is 1.36. The lowest BCUT2D eigenvalue weighted by molar-refractivity contribution is -0.114. The first kappa shape index (κ1) is 22.0. The molecule has 0 aliphatic heterocycles. The summed E-state index contributed by atoms with van der Waals surface area (Å²) in [7, 11) is -0.0292. The molecule has 4 rings (SSSR count). The van der Waals surface area contributed by atoms with Crippen molar-refractivity contribution in [1.29, 1.82) is 0 Å². The highest BCUT2D eigenvalue weighted by molar-refractivity contribution is 7.90. The molecule has 0 aliphatic rings. The van der Waals surface area contributed by atoms with Gasteiger partial charge < -0.3 is 10.2 Å². The second kappa shape index (κ2) is 8.37. The third-order valence-electron chi connectivity index (χ3n) is 4.09. The number of thiazole rings is 2. The van der Waals surface area contributed by atoms with Crippen LogP contribution in [-0.4, -0.2) is 54.4 Å². The Bertz CT molecular complexity index is 1420. The van der Waals surface area contributed by atoms with E-state index in [2.05, 4.69) is 30.6 Å². The Balaban J connectivity index is 1.84. The monoisotopic (exact) mass is 490 g/mol. The van der Waals surface area contributed by atoms with E-state index in [9.17, 15) is 13.2 Å². The van der Waals surface area contributed by atoms with Crippen LogP contribution in [0.1, 0.15) is 6.92 Å². The fourth-order valence-electron chi connectivity index (χ4n) is 2.67. The zero-order valence-corrected chi connectivity index (χ0v) is 19.9. The SMILES string of the molecule is CC(=O)Nc1nc(N(C)C)sc1N=Nc1c(S(C)(=O)=O)cnn1-c1nc2ccccc2s1. The van der Waals surface area contributed by atoms with E-state index in [0.29, 0.717) is 15.3 Å². The number of hydrogen-bond donors (Lipinski definition) is 1. The van der Waals surface area contributed by atoms with Crippen LogP contribution in [0, 0.1) is 0 Å². The topological polar surface area (TPSA) is 135 Å². The summed E-state index contributed by atoms with van der Waals surface area (Å²) in [5.41, 5.74) is 0.762. The summed E-state index contributed by atoms with van der Waals surface area (Å²) in [5.74, 6) is -0.0598. The van der Waals surface area contributed by atoms with E-state index in [0.717, 1.165) is 16.5 Å². The van der Waals surface area contributed by atoms with Gasteiger partial charge in [0.05, 0.1) is 16.4 Å². The molecule has 3 heterocycles. The molecule has 0 unspecified atom stereocenters. The van der Waals surface area contributed by atoms with E-state index >= 15 is 0 Å². The zero-order valence-electron chi connectivity index (χ0n) is 17.5. The molecule has 32 heavy (non-hydrogen) atoms. The molecule has 0 spiro atoms. The lowest BCUT2D eigenvalue weighted by Crippen LogP contribution is -2.09. The Morgan fingerprint density at radius 3 is 2.56 bits per heavy atom. The molecule has 166 valence electrons. The highest BCUT2D eigenvalue weighted by Gasteiger charge is 2.23. The van der Waals surface area contributed by atoms with E-state index < -0.39 is 9.84 Å². The van der Waals surface area contributed by atoms with Gasteiger partial charge in [-0.05, 0) is 12.1 Å². The van der Waals surface area contributed by atoms with Crippen molar-refractivity contribution in [1.82, 2.24) is 19.7 Å². The van der Waals surface area contributed by atoms with Crippen LogP contribution in [0.15, 0.2) is 45.6 Å². The number of carbonyl (C=O) groups is 1. The fourth-order valence-corrected chi connectivity index (χ4v) is 5.06. The van der Waals surface area contributed by atoms with Crippen LogP contribution >= 0.6 is 22.7 Å². The molecule has 3 aromatic heterocycles. The van der Waals surface area contributed by atoms with Gasteiger partial charge in [0.15, 0.2) is 31.6 Å². The molecule has 1 aromatic carbocycles. The molecule has 1 amide bonds. The lowest BCUT2D eigenvalue weighted by Gasteiger charge is -2.04. The van der Waals surface area contributed by atoms with Gasteiger partial charge in [-0.1, -0.05) is 34.8 Å². The standard InChI is InChI=1S/C18H18N8O3S3/c1-10(27)20-14-16(31-17(22-14)25(2)3)24-23-15-13(32(4,28)29)9-19-26(15)18-21-11-7-5-6-8-12(11)30-18/h5-9H,1-4H3,(H,20,27). The molecule has 0 atom stereocenters. The van der Waals surface area contributed by atoms with Gasteiger partial charge in [0, 0.05) is 27.3 Å². The van der Waals surface area contributed by atoms with Gasteiger partial charge >= 0.3 is 0 Å². The molecule has 0 aliphatic carbocycles. The maximum absolute atomic E-state index is 12.3. The molecule has 14 heteroatoms. The van der Waals surface area contributed by atoms with Gasteiger partial charge in [0.2, 0.25) is 11.0 Å². The number of nitrogens with zero attached hydrogens (tertiary/aromatic N) is 7. The Hall–Kier alpha value is -3.23. The fraction of sp³-hybridized carbons (Fsp3) is 0.222. The van der Waals surface area contributed by atoms with Gasteiger partial charge in [-0.3, -0.25) is 4.79 Å². The first-order valence-corrected chi connectivity index (χ1v) is 12.7. The first-order valence-electron chi connectivity index (χ1n) is 9.15. The predicted molar refractivity (Wildman–Crippen MR) is 125 cm³/mol. The van der Waals surface area contributed by atoms with Crippen LogP contribution in [0.25, 0.3) is 15.3 Å². The third kappa shape index (κ3) is 4.37. The number of rotatable bonds is 6. The third-order valence-corrected chi connectivity index (χ3v) is 7.29. The number of carbonyl (C=O) groups excluding carboxylic acids is 1.